The van der Waals surface area contributed by atoms with E-state index in [-0.39, 0.29) is 30.6 Å². The average molecular weight is 776 g/mol. The van der Waals surface area contributed by atoms with E-state index in [1.165, 1.54) is 23.2 Å². The van der Waals surface area contributed by atoms with E-state index in [4.69, 9.17) is 0 Å². The molecule has 11 nitrogen and oxygen atoms in total. The zero-order chi connectivity index (χ0) is 39.4. The fraction of sp³-hybridized carbons (Fsp3) is 0.511. The Hall–Kier alpha value is -4.65. The molecule has 0 spiro atoms. The monoisotopic (exact) mass is 775 g/mol. The molecular formula is C45H54FN7O4. The third kappa shape index (κ3) is 7.25. The van der Waals surface area contributed by atoms with Gasteiger partial charge in [-0.1, -0.05) is 24.3 Å². The van der Waals surface area contributed by atoms with Crippen molar-refractivity contribution in [1.29, 1.82) is 0 Å². The molecule has 1 N–H and O–H groups in total. The summed E-state index contributed by atoms with van der Waals surface area (Å²) in [5.74, 6) is -0.920. The molecule has 300 valence electrons. The van der Waals surface area contributed by atoms with E-state index < -0.39 is 23.8 Å². The molecule has 5 aliphatic heterocycles. The van der Waals surface area contributed by atoms with Crippen molar-refractivity contribution in [3.8, 4) is 0 Å². The van der Waals surface area contributed by atoms with Crippen molar-refractivity contribution in [3.63, 3.8) is 0 Å². The highest BCUT2D eigenvalue weighted by molar-refractivity contribution is 6.23. The van der Waals surface area contributed by atoms with Gasteiger partial charge >= 0.3 is 0 Å². The summed E-state index contributed by atoms with van der Waals surface area (Å²) in [6.07, 6.45) is 5.54. The van der Waals surface area contributed by atoms with Crippen LogP contribution in [0.1, 0.15) is 87.9 Å². The number of hydrogen-bond acceptors (Lipinski definition) is 9. The van der Waals surface area contributed by atoms with E-state index in [9.17, 15) is 23.6 Å². The van der Waals surface area contributed by atoms with Crippen LogP contribution in [0.15, 0.2) is 60.7 Å². The number of rotatable bonds is 9. The third-order valence-electron chi connectivity index (χ3n) is 13.9. The van der Waals surface area contributed by atoms with Crippen LogP contribution in [-0.4, -0.2) is 128 Å². The van der Waals surface area contributed by atoms with Gasteiger partial charge in [0.05, 0.1) is 11.1 Å². The number of likely N-dealkylation sites (tertiary alicyclic amines) is 1. The van der Waals surface area contributed by atoms with E-state index in [1.807, 2.05) is 12.1 Å². The fourth-order valence-electron chi connectivity index (χ4n) is 10.6. The number of carbonyl (C=O) groups excluding carboxylic acids is 4. The summed E-state index contributed by atoms with van der Waals surface area (Å²) >= 11 is 0. The van der Waals surface area contributed by atoms with Crippen molar-refractivity contribution in [2.75, 3.05) is 82.8 Å². The molecule has 6 aliphatic rings. The van der Waals surface area contributed by atoms with Gasteiger partial charge in [0.25, 0.3) is 11.8 Å². The standard InChI is InChI=1S/C45H54FN7O4/c1-48(2)40-28-52(38-13-8-31-4-3-5-37(46)42(31)38)27-36(40)30-6-9-32(10-7-30)51-24-22-49(23-25-51)19-16-29-17-20-50(21-18-29)33-11-12-34-35(26-33)45(57)53(44(34)56)39-14-15-41(54)47-43(39)55/h3-7,9-12,26,29,36,38-40H,8,13-25,27-28H2,1-2H3,(H,47,54,55)/t36-,38?,39?,40+/m1/s1. The van der Waals surface area contributed by atoms with Crippen LogP contribution in [0, 0.1) is 11.7 Å². The maximum Gasteiger partial charge on any atom is 0.262 e. The molecular weight excluding hydrogens is 722 g/mol. The minimum Gasteiger partial charge on any atom is -0.371 e. The first-order valence-corrected chi connectivity index (χ1v) is 21.0. The van der Waals surface area contributed by atoms with Crippen molar-refractivity contribution in [3.05, 3.63) is 94.3 Å². The topological polar surface area (TPSA) is 99.8 Å². The van der Waals surface area contributed by atoms with Crippen LogP contribution in [-0.2, 0) is 16.0 Å². The van der Waals surface area contributed by atoms with Gasteiger partial charge in [-0.15, -0.1) is 0 Å². The molecule has 0 aromatic heterocycles. The molecule has 4 atom stereocenters. The second-order valence-electron chi connectivity index (χ2n) is 17.3. The molecule has 57 heavy (non-hydrogen) atoms. The summed E-state index contributed by atoms with van der Waals surface area (Å²) in [6, 6.07) is 19.9. The summed E-state index contributed by atoms with van der Waals surface area (Å²) in [5, 5.41) is 2.26. The summed E-state index contributed by atoms with van der Waals surface area (Å²) in [4.78, 5) is 63.9. The van der Waals surface area contributed by atoms with E-state index in [0.717, 1.165) is 101 Å². The number of nitrogens with zero attached hydrogens (tertiary/aromatic N) is 6. The summed E-state index contributed by atoms with van der Waals surface area (Å²) in [6.45, 7) is 8.93. The number of piperazine rings is 1. The number of piperidine rings is 2. The number of likely N-dealkylation sites (N-methyl/N-ethyl adjacent to an activating group) is 1. The largest absolute Gasteiger partial charge is 0.371 e. The molecule has 0 saturated carbocycles. The van der Waals surface area contributed by atoms with Gasteiger partial charge in [-0.2, -0.15) is 0 Å². The molecule has 4 saturated heterocycles. The highest BCUT2D eigenvalue weighted by Gasteiger charge is 2.45. The normalized spacial score (nSPS) is 26.1. The van der Waals surface area contributed by atoms with Crippen LogP contribution in [0.4, 0.5) is 15.8 Å². The third-order valence-corrected chi connectivity index (χ3v) is 13.9. The minimum atomic E-state index is -0.953. The first-order valence-electron chi connectivity index (χ1n) is 21.0. The molecule has 0 radical (unpaired) electrons. The second-order valence-corrected chi connectivity index (χ2v) is 17.3. The van der Waals surface area contributed by atoms with Crippen LogP contribution in [0.5, 0.6) is 0 Å². The van der Waals surface area contributed by atoms with E-state index in [0.29, 0.717) is 29.0 Å². The molecule has 4 fully saturated rings. The summed E-state index contributed by atoms with van der Waals surface area (Å²) < 4.78 is 14.9. The smallest absolute Gasteiger partial charge is 0.262 e. The van der Waals surface area contributed by atoms with Gasteiger partial charge in [0.15, 0.2) is 0 Å². The summed E-state index contributed by atoms with van der Waals surface area (Å²) in [5.41, 5.74) is 6.33. The zero-order valence-corrected chi connectivity index (χ0v) is 33.2. The first-order chi connectivity index (χ1) is 27.6. The maximum atomic E-state index is 14.9. The van der Waals surface area contributed by atoms with Gasteiger partial charge in [-0.05, 0) is 113 Å². The van der Waals surface area contributed by atoms with Gasteiger partial charge in [0.2, 0.25) is 11.8 Å². The second kappa shape index (κ2) is 15.6. The lowest BCUT2D eigenvalue weighted by Gasteiger charge is -2.38. The number of amides is 4. The van der Waals surface area contributed by atoms with Gasteiger partial charge in [0, 0.05) is 93.7 Å². The van der Waals surface area contributed by atoms with E-state index >= 15 is 0 Å². The molecule has 4 amide bonds. The average Bonchev–Trinajstić information content (AvgIpc) is 3.93. The predicted molar refractivity (Wildman–Crippen MR) is 217 cm³/mol. The number of fused-ring (bicyclic) bond motifs is 2. The SMILES string of the molecule is CN(C)[C@H]1CN(C2CCc3cccc(F)c32)C[C@@H]1c1ccc(N2CCN(CCC3CCN(c4ccc5c(c4)C(=O)N(C4CCC(=O)NC4=O)C5=O)CC3)CC2)cc1. The molecule has 12 heteroatoms. The Morgan fingerprint density at radius 3 is 2.18 bits per heavy atom. The molecule has 2 unspecified atom stereocenters. The number of halogens is 1. The van der Waals surface area contributed by atoms with Crippen molar-refractivity contribution in [2.45, 2.75) is 69.0 Å². The van der Waals surface area contributed by atoms with Crippen LogP contribution in [0.2, 0.25) is 0 Å². The highest BCUT2D eigenvalue weighted by Crippen LogP contribution is 2.43. The molecule has 5 heterocycles. The lowest BCUT2D eigenvalue weighted by Crippen LogP contribution is -2.54. The number of carbonyl (C=O) groups is 4. The highest BCUT2D eigenvalue weighted by atomic mass is 19.1. The van der Waals surface area contributed by atoms with Crippen molar-refractivity contribution >= 4 is 35.0 Å². The quantitative estimate of drug-likeness (QED) is 0.311. The number of benzene rings is 3. The van der Waals surface area contributed by atoms with Crippen LogP contribution in [0.25, 0.3) is 0 Å². The van der Waals surface area contributed by atoms with E-state index in [2.05, 4.69) is 74.2 Å². The number of anilines is 2. The van der Waals surface area contributed by atoms with Crippen LogP contribution >= 0.6 is 0 Å². The minimum absolute atomic E-state index is 0.0532. The number of imide groups is 2. The van der Waals surface area contributed by atoms with E-state index in [1.54, 1.807) is 18.2 Å². The zero-order valence-electron chi connectivity index (χ0n) is 33.2. The lowest BCUT2D eigenvalue weighted by atomic mass is 9.92. The Kier molecular flexibility index (Phi) is 10.4. The van der Waals surface area contributed by atoms with Gasteiger partial charge in [-0.3, -0.25) is 39.2 Å². The Labute approximate surface area is 334 Å². The van der Waals surface area contributed by atoms with Crippen molar-refractivity contribution < 1.29 is 23.6 Å². The fourth-order valence-corrected chi connectivity index (χ4v) is 10.6. The van der Waals surface area contributed by atoms with Gasteiger partial charge in [0.1, 0.15) is 11.9 Å². The van der Waals surface area contributed by atoms with Crippen LogP contribution in [0.3, 0.4) is 0 Å². The van der Waals surface area contributed by atoms with Gasteiger partial charge in [-0.25, -0.2) is 4.39 Å². The molecule has 3 aromatic rings. The van der Waals surface area contributed by atoms with Crippen LogP contribution < -0.4 is 15.1 Å². The molecule has 9 rings (SSSR count). The molecule has 1 aliphatic carbocycles. The predicted octanol–water partition coefficient (Wildman–Crippen LogP) is 4.67. The van der Waals surface area contributed by atoms with Crippen molar-refractivity contribution in [2.24, 2.45) is 5.92 Å². The lowest BCUT2D eigenvalue weighted by molar-refractivity contribution is -0.136. The number of hydrogen-bond donors (Lipinski definition) is 1. The summed E-state index contributed by atoms with van der Waals surface area (Å²) in [7, 11) is 4.35. The van der Waals surface area contributed by atoms with Gasteiger partial charge < -0.3 is 14.7 Å². The number of aryl methyl sites for hydroxylation is 1. The molecule has 3 aromatic carbocycles. The van der Waals surface area contributed by atoms with Crippen molar-refractivity contribution in [1.82, 2.24) is 24.9 Å². The number of nitrogens with one attached hydrogen (secondary N) is 1. The molecule has 0 bridgehead atoms. The Morgan fingerprint density at radius 1 is 0.737 bits per heavy atom. The first kappa shape index (κ1) is 37.9. The Bertz CT molecular complexity index is 2040. The Morgan fingerprint density at radius 2 is 1.44 bits per heavy atom. The maximum absolute atomic E-state index is 14.9. The Balaban J connectivity index is 0.736.